The second-order valence-corrected chi connectivity index (χ2v) is 6.53. The number of hydrogen-bond donors (Lipinski definition) is 3. The van der Waals surface area contributed by atoms with Crippen LogP contribution in [-0.2, 0) is 5.41 Å². The molecule has 1 atom stereocenters. The summed E-state index contributed by atoms with van der Waals surface area (Å²) in [5.74, 6) is 0. The summed E-state index contributed by atoms with van der Waals surface area (Å²) in [6.07, 6.45) is 5.30. The van der Waals surface area contributed by atoms with E-state index in [1.165, 1.54) is 12.0 Å². The van der Waals surface area contributed by atoms with Crippen molar-refractivity contribution in [1.82, 2.24) is 15.6 Å². The van der Waals surface area contributed by atoms with Gasteiger partial charge < -0.3 is 15.6 Å². The molecule has 1 fully saturated rings. The van der Waals surface area contributed by atoms with Crippen molar-refractivity contribution in [3.63, 3.8) is 0 Å². The average Bonchev–Trinajstić information content (AvgIpc) is 2.84. The van der Waals surface area contributed by atoms with E-state index < -0.39 is 0 Å². The van der Waals surface area contributed by atoms with Gasteiger partial charge in [0.05, 0.1) is 0 Å². The molecule has 1 aliphatic rings. The highest BCUT2D eigenvalue weighted by molar-refractivity contribution is 5.20. The van der Waals surface area contributed by atoms with Crippen LogP contribution in [0.3, 0.4) is 0 Å². The molecule has 1 unspecified atom stereocenters. The van der Waals surface area contributed by atoms with Crippen LogP contribution in [0.25, 0.3) is 0 Å². The molecule has 0 radical (unpaired) electrons. The third-order valence-electron chi connectivity index (χ3n) is 3.80. The fraction of sp³-hybridized carbons (Fsp3) is 0.714. The minimum atomic E-state index is 0.187. The predicted octanol–water partition coefficient (Wildman–Crippen LogP) is 2.02. The van der Waals surface area contributed by atoms with Gasteiger partial charge in [-0.05, 0) is 31.9 Å². The molecule has 3 N–H and O–H groups in total. The first-order chi connectivity index (χ1) is 7.89. The van der Waals surface area contributed by atoms with Gasteiger partial charge in [0.1, 0.15) is 0 Å². The molecule has 0 amide bonds. The lowest BCUT2D eigenvalue weighted by Gasteiger charge is -2.26. The van der Waals surface area contributed by atoms with Gasteiger partial charge in [-0.2, -0.15) is 0 Å². The summed E-state index contributed by atoms with van der Waals surface area (Å²) in [6.45, 7) is 11.2. The predicted molar refractivity (Wildman–Crippen MR) is 72.3 cm³/mol. The Morgan fingerprint density at radius 3 is 2.76 bits per heavy atom. The fourth-order valence-electron chi connectivity index (χ4n) is 2.55. The first-order valence-electron chi connectivity index (χ1n) is 6.51. The Morgan fingerprint density at radius 1 is 1.47 bits per heavy atom. The molecule has 0 aromatic carbocycles. The number of aromatic nitrogens is 1. The molecule has 1 aromatic rings. The summed E-state index contributed by atoms with van der Waals surface area (Å²) in [4.78, 5) is 3.14. The molecule has 96 valence electrons. The maximum absolute atomic E-state index is 3.69. The highest BCUT2D eigenvalue weighted by Crippen LogP contribution is 2.23. The Hall–Kier alpha value is -0.800. The van der Waals surface area contributed by atoms with E-state index >= 15 is 0 Å². The summed E-state index contributed by atoms with van der Waals surface area (Å²) in [6, 6.07) is 2.77. The van der Waals surface area contributed by atoms with E-state index in [1.807, 2.05) is 6.20 Å². The largest absolute Gasteiger partial charge is 0.367 e. The zero-order valence-corrected chi connectivity index (χ0v) is 11.4. The Labute approximate surface area is 104 Å². The molecular weight excluding hydrogens is 210 g/mol. The van der Waals surface area contributed by atoms with Crippen LogP contribution in [0.15, 0.2) is 18.5 Å². The second-order valence-electron chi connectivity index (χ2n) is 6.53. The molecule has 1 aromatic heterocycles. The maximum Gasteiger partial charge on any atom is 0.0210 e. The van der Waals surface area contributed by atoms with E-state index in [2.05, 4.69) is 55.6 Å². The SMILES string of the molecule is CC1(C)CC(NCC(C)(C)c2cc[nH]c2)CN1. The van der Waals surface area contributed by atoms with Crippen LogP contribution < -0.4 is 10.6 Å². The Bertz CT molecular complexity index is 352. The third-order valence-corrected chi connectivity index (χ3v) is 3.80. The molecule has 1 aliphatic heterocycles. The van der Waals surface area contributed by atoms with E-state index in [-0.39, 0.29) is 11.0 Å². The van der Waals surface area contributed by atoms with Crippen molar-refractivity contribution >= 4 is 0 Å². The molecule has 0 bridgehead atoms. The highest BCUT2D eigenvalue weighted by Gasteiger charge is 2.31. The number of aromatic amines is 1. The zero-order valence-electron chi connectivity index (χ0n) is 11.4. The van der Waals surface area contributed by atoms with Gasteiger partial charge in [-0.3, -0.25) is 0 Å². The summed E-state index contributed by atoms with van der Waals surface area (Å²) in [7, 11) is 0. The standard InChI is InChI=1S/C14H25N3/c1-13(2,11-5-6-15-8-11)10-16-12-7-14(3,4)17-9-12/h5-6,8,12,15-17H,7,9-10H2,1-4H3. The molecule has 17 heavy (non-hydrogen) atoms. The van der Waals surface area contributed by atoms with Crippen molar-refractivity contribution in [2.24, 2.45) is 0 Å². The van der Waals surface area contributed by atoms with Crippen molar-refractivity contribution in [1.29, 1.82) is 0 Å². The molecule has 2 rings (SSSR count). The van der Waals surface area contributed by atoms with Crippen molar-refractivity contribution < 1.29 is 0 Å². The molecule has 0 spiro atoms. The van der Waals surface area contributed by atoms with Crippen LogP contribution in [0, 0.1) is 0 Å². The van der Waals surface area contributed by atoms with Gasteiger partial charge in [-0.15, -0.1) is 0 Å². The van der Waals surface area contributed by atoms with Gasteiger partial charge >= 0.3 is 0 Å². The lowest BCUT2D eigenvalue weighted by Crippen LogP contribution is -2.40. The topological polar surface area (TPSA) is 39.9 Å². The Balaban J connectivity index is 1.86. The van der Waals surface area contributed by atoms with Gasteiger partial charge in [0.25, 0.3) is 0 Å². The Morgan fingerprint density at radius 2 is 2.24 bits per heavy atom. The van der Waals surface area contributed by atoms with E-state index in [4.69, 9.17) is 0 Å². The van der Waals surface area contributed by atoms with Gasteiger partial charge in [-0.25, -0.2) is 0 Å². The van der Waals surface area contributed by atoms with Crippen molar-refractivity contribution in [2.45, 2.75) is 51.1 Å². The normalized spacial score (nSPS) is 24.1. The molecule has 2 heterocycles. The van der Waals surface area contributed by atoms with Crippen LogP contribution >= 0.6 is 0 Å². The van der Waals surface area contributed by atoms with Crippen molar-refractivity contribution in [2.75, 3.05) is 13.1 Å². The minimum Gasteiger partial charge on any atom is -0.367 e. The number of hydrogen-bond acceptors (Lipinski definition) is 2. The first-order valence-corrected chi connectivity index (χ1v) is 6.51. The zero-order chi connectivity index (χ0) is 12.5. The van der Waals surface area contributed by atoms with E-state index in [0.717, 1.165) is 13.1 Å². The number of rotatable bonds is 4. The fourth-order valence-corrected chi connectivity index (χ4v) is 2.55. The van der Waals surface area contributed by atoms with E-state index in [1.54, 1.807) is 0 Å². The molecule has 1 saturated heterocycles. The van der Waals surface area contributed by atoms with Gasteiger partial charge in [0, 0.05) is 42.5 Å². The second kappa shape index (κ2) is 4.46. The summed E-state index contributed by atoms with van der Waals surface area (Å²) in [5.41, 5.74) is 1.85. The molecule has 0 aliphatic carbocycles. The number of nitrogens with one attached hydrogen (secondary N) is 3. The first kappa shape index (κ1) is 12.7. The van der Waals surface area contributed by atoms with Crippen LogP contribution in [0.5, 0.6) is 0 Å². The lowest BCUT2D eigenvalue weighted by molar-refractivity contribution is 0.407. The van der Waals surface area contributed by atoms with Crippen LogP contribution in [0.4, 0.5) is 0 Å². The highest BCUT2D eigenvalue weighted by atomic mass is 15.1. The maximum atomic E-state index is 3.69. The molecular formula is C14H25N3. The van der Waals surface area contributed by atoms with Gasteiger partial charge in [0.2, 0.25) is 0 Å². The van der Waals surface area contributed by atoms with Gasteiger partial charge in [0.15, 0.2) is 0 Å². The lowest BCUT2D eigenvalue weighted by atomic mass is 9.86. The van der Waals surface area contributed by atoms with Crippen molar-refractivity contribution in [3.8, 4) is 0 Å². The molecule has 3 heteroatoms. The quantitative estimate of drug-likeness (QED) is 0.747. The Kier molecular flexibility index (Phi) is 3.32. The summed E-state index contributed by atoms with van der Waals surface area (Å²) < 4.78 is 0. The van der Waals surface area contributed by atoms with E-state index in [9.17, 15) is 0 Å². The van der Waals surface area contributed by atoms with Crippen LogP contribution in [-0.4, -0.2) is 29.7 Å². The summed E-state index contributed by atoms with van der Waals surface area (Å²) >= 11 is 0. The third kappa shape index (κ3) is 3.11. The minimum absolute atomic E-state index is 0.187. The van der Waals surface area contributed by atoms with Gasteiger partial charge in [-0.1, -0.05) is 13.8 Å². The number of H-pyrrole nitrogens is 1. The summed E-state index contributed by atoms with van der Waals surface area (Å²) in [5, 5.41) is 7.24. The van der Waals surface area contributed by atoms with Crippen molar-refractivity contribution in [3.05, 3.63) is 24.0 Å². The monoisotopic (exact) mass is 235 g/mol. The van der Waals surface area contributed by atoms with Crippen LogP contribution in [0.2, 0.25) is 0 Å². The molecule has 0 saturated carbocycles. The smallest absolute Gasteiger partial charge is 0.0210 e. The molecule has 3 nitrogen and oxygen atoms in total. The van der Waals surface area contributed by atoms with E-state index in [0.29, 0.717) is 6.04 Å². The van der Waals surface area contributed by atoms with Crippen LogP contribution in [0.1, 0.15) is 39.7 Å². The average molecular weight is 235 g/mol.